The molecule has 2 atom stereocenters. The molecule has 0 spiro atoms. The van der Waals surface area contributed by atoms with Crippen molar-refractivity contribution in [2.24, 2.45) is 11.7 Å². The number of halogens is 1. The maximum absolute atomic E-state index is 12.0. The number of nitrogens with two attached hydrogens (primary N) is 1. The van der Waals surface area contributed by atoms with Crippen LogP contribution in [0.4, 0.5) is 0 Å². The van der Waals surface area contributed by atoms with E-state index in [1.54, 1.807) is 0 Å². The third kappa shape index (κ3) is 6.89. The average Bonchev–Trinajstić information content (AvgIpc) is 2.91. The highest BCUT2D eigenvalue weighted by Gasteiger charge is 2.27. The van der Waals surface area contributed by atoms with Crippen molar-refractivity contribution >= 4 is 28.2 Å². The van der Waals surface area contributed by atoms with Crippen LogP contribution in [0.1, 0.15) is 31.2 Å². The van der Waals surface area contributed by atoms with Crippen LogP contribution in [-0.2, 0) is 20.4 Å². The topological polar surface area (TPSA) is 89.3 Å². The minimum Gasteiger partial charge on any atom is -0.356 e. The summed E-state index contributed by atoms with van der Waals surface area (Å²) in [5, 5.41) is 2.82. The van der Waals surface area contributed by atoms with Gasteiger partial charge in [-0.15, -0.1) is 12.4 Å². The van der Waals surface area contributed by atoms with Crippen LogP contribution in [0, 0.1) is 5.92 Å². The van der Waals surface area contributed by atoms with Crippen molar-refractivity contribution in [3.8, 4) is 0 Å². The second kappa shape index (κ2) is 9.25. The maximum atomic E-state index is 12.0. The van der Waals surface area contributed by atoms with Crippen molar-refractivity contribution < 1.29 is 13.2 Å². The van der Waals surface area contributed by atoms with Crippen molar-refractivity contribution in [1.29, 1.82) is 0 Å². The summed E-state index contributed by atoms with van der Waals surface area (Å²) in [5.74, 6) is 0.148. The standard InChI is InChI=1S/C16H24N2O3S.ClH/c17-15-8-7-14(11-15)16(19)18-9-4-10-22(20,21)12-13-5-2-1-3-6-13;/h1-3,5-6,14-15H,4,7-12,17H2,(H,18,19);1H. The van der Waals surface area contributed by atoms with Crippen molar-refractivity contribution in [2.45, 2.75) is 37.5 Å². The Morgan fingerprint density at radius 3 is 2.52 bits per heavy atom. The number of nitrogens with one attached hydrogen (secondary N) is 1. The molecule has 0 saturated heterocycles. The van der Waals surface area contributed by atoms with Crippen LogP contribution in [0.2, 0.25) is 0 Å². The molecule has 0 heterocycles. The molecule has 2 rings (SSSR count). The predicted octanol–water partition coefficient (Wildman–Crippen LogP) is 1.66. The molecule has 1 aliphatic rings. The molecule has 2 unspecified atom stereocenters. The lowest BCUT2D eigenvalue weighted by atomic mass is 10.1. The Balaban J connectivity index is 0.00000264. The van der Waals surface area contributed by atoms with Crippen molar-refractivity contribution in [1.82, 2.24) is 5.32 Å². The third-order valence-electron chi connectivity index (χ3n) is 4.00. The van der Waals surface area contributed by atoms with Gasteiger partial charge >= 0.3 is 0 Å². The van der Waals surface area contributed by atoms with E-state index in [0.717, 1.165) is 24.8 Å². The van der Waals surface area contributed by atoms with Gasteiger partial charge in [0.25, 0.3) is 0 Å². The van der Waals surface area contributed by atoms with E-state index in [1.165, 1.54) is 0 Å². The van der Waals surface area contributed by atoms with Gasteiger partial charge in [-0.2, -0.15) is 0 Å². The molecule has 3 N–H and O–H groups in total. The summed E-state index contributed by atoms with van der Waals surface area (Å²) in [7, 11) is -3.13. The van der Waals surface area contributed by atoms with E-state index < -0.39 is 9.84 Å². The Hall–Kier alpha value is -1.11. The molecule has 23 heavy (non-hydrogen) atoms. The Bertz CT molecular complexity index is 593. The van der Waals surface area contributed by atoms with Crippen LogP contribution < -0.4 is 11.1 Å². The zero-order valence-corrected chi connectivity index (χ0v) is 14.7. The van der Waals surface area contributed by atoms with Gasteiger partial charge in [0.2, 0.25) is 5.91 Å². The molecule has 0 bridgehead atoms. The monoisotopic (exact) mass is 360 g/mol. The van der Waals surface area contributed by atoms with Gasteiger partial charge in [-0.05, 0) is 31.2 Å². The van der Waals surface area contributed by atoms with Gasteiger partial charge in [0.1, 0.15) is 0 Å². The lowest BCUT2D eigenvalue weighted by molar-refractivity contribution is -0.124. The molecule has 1 aliphatic carbocycles. The van der Waals surface area contributed by atoms with Crippen LogP contribution in [0.5, 0.6) is 0 Å². The number of rotatable bonds is 7. The summed E-state index contributed by atoms with van der Waals surface area (Å²) in [5.41, 5.74) is 6.59. The first kappa shape index (κ1) is 19.9. The van der Waals surface area contributed by atoms with E-state index in [9.17, 15) is 13.2 Å². The summed E-state index contributed by atoms with van der Waals surface area (Å²) in [4.78, 5) is 11.9. The maximum Gasteiger partial charge on any atom is 0.223 e. The van der Waals surface area contributed by atoms with E-state index in [4.69, 9.17) is 5.73 Å². The van der Waals surface area contributed by atoms with Crippen LogP contribution in [0.3, 0.4) is 0 Å². The molecule has 1 saturated carbocycles. The molecule has 1 aromatic carbocycles. The van der Waals surface area contributed by atoms with Gasteiger partial charge in [0, 0.05) is 18.5 Å². The van der Waals surface area contributed by atoms with E-state index >= 15 is 0 Å². The normalized spacial score (nSPS) is 20.7. The van der Waals surface area contributed by atoms with E-state index in [2.05, 4.69) is 5.32 Å². The van der Waals surface area contributed by atoms with Crippen LogP contribution >= 0.6 is 12.4 Å². The summed E-state index contributed by atoms with van der Waals surface area (Å²) < 4.78 is 24.0. The first-order valence-corrected chi connectivity index (χ1v) is 9.56. The third-order valence-corrected chi connectivity index (χ3v) is 5.69. The molecule has 0 aliphatic heterocycles. The number of carbonyl (C=O) groups is 1. The van der Waals surface area contributed by atoms with Crippen LogP contribution in [0.15, 0.2) is 30.3 Å². The molecule has 1 aromatic rings. The fraction of sp³-hybridized carbons (Fsp3) is 0.562. The van der Waals surface area contributed by atoms with Gasteiger partial charge < -0.3 is 11.1 Å². The zero-order chi connectivity index (χ0) is 16.0. The number of sulfone groups is 1. The Morgan fingerprint density at radius 1 is 1.22 bits per heavy atom. The van der Waals surface area contributed by atoms with Crippen molar-refractivity contribution in [3.63, 3.8) is 0 Å². The Morgan fingerprint density at radius 2 is 1.91 bits per heavy atom. The minimum absolute atomic E-state index is 0. The molecule has 5 nitrogen and oxygen atoms in total. The molecule has 1 fully saturated rings. The van der Waals surface area contributed by atoms with Crippen LogP contribution in [0.25, 0.3) is 0 Å². The lowest BCUT2D eigenvalue weighted by Crippen LogP contribution is -2.32. The number of hydrogen-bond donors (Lipinski definition) is 2. The molecule has 0 aromatic heterocycles. The largest absolute Gasteiger partial charge is 0.356 e. The second-order valence-corrected chi connectivity index (χ2v) is 8.18. The van der Waals surface area contributed by atoms with Gasteiger partial charge in [0.05, 0.1) is 11.5 Å². The van der Waals surface area contributed by atoms with E-state index in [1.807, 2.05) is 30.3 Å². The first-order chi connectivity index (χ1) is 10.5. The molecule has 130 valence electrons. The number of hydrogen-bond acceptors (Lipinski definition) is 4. The quantitative estimate of drug-likeness (QED) is 0.723. The Labute approximate surface area is 144 Å². The predicted molar refractivity (Wildman–Crippen MR) is 94.1 cm³/mol. The van der Waals surface area contributed by atoms with Crippen molar-refractivity contribution in [3.05, 3.63) is 35.9 Å². The summed E-state index contributed by atoms with van der Waals surface area (Å²) in [6.07, 6.45) is 2.90. The van der Waals surface area contributed by atoms with Gasteiger partial charge in [-0.3, -0.25) is 4.79 Å². The fourth-order valence-electron chi connectivity index (χ4n) is 2.80. The van der Waals surface area contributed by atoms with E-state index in [0.29, 0.717) is 13.0 Å². The summed E-state index contributed by atoms with van der Waals surface area (Å²) in [6.45, 7) is 0.401. The minimum atomic E-state index is -3.13. The molecule has 7 heteroatoms. The summed E-state index contributed by atoms with van der Waals surface area (Å²) >= 11 is 0. The summed E-state index contributed by atoms with van der Waals surface area (Å²) in [6, 6.07) is 9.27. The molecule has 1 amide bonds. The molecular formula is C16H25ClN2O3S. The fourth-order valence-corrected chi connectivity index (χ4v) is 4.23. The number of carbonyl (C=O) groups excluding carboxylic acids is 1. The number of amides is 1. The molecular weight excluding hydrogens is 336 g/mol. The second-order valence-electron chi connectivity index (χ2n) is 5.99. The SMILES string of the molecule is Cl.NC1CCC(C(=O)NCCCS(=O)(=O)Cc2ccccc2)C1. The van der Waals surface area contributed by atoms with E-state index in [-0.39, 0.29) is 41.8 Å². The van der Waals surface area contributed by atoms with Gasteiger partial charge in [-0.25, -0.2) is 8.42 Å². The highest BCUT2D eigenvalue weighted by atomic mass is 35.5. The lowest BCUT2D eigenvalue weighted by Gasteiger charge is -2.11. The van der Waals surface area contributed by atoms with Gasteiger partial charge in [0.15, 0.2) is 9.84 Å². The average molecular weight is 361 g/mol. The number of benzene rings is 1. The Kier molecular flexibility index (Phi) is 8.02. The highest BCUT2D eigenvalue weighted by Crippen LogP contribution is 2.23. The highest BCUT2D eigenvalue weighted by molar-refractivity contribution is 7.90. The van der Waals surface area contributed by atoms with Gasteiger partial charge in [-0.1, -0.05) is 30.3 Å². The smallest absolute Gasteiger partial charge is 0.223 e. The van der Waals surface area contributed by atoms with Crippen LogP contribution in [-0.4, -0.2) is 32.7 Å². The van der Waals surface area contributed by atoms with Crippen molar-refractivity contribution in [2.75, 3.05) is 12.3 Å². The first-order valence-electron chi connectivity index (χ1n) is 7.74. The zero-order valence-electron chi connectivity index (χ0n) is 13.1. The molecule has 0 radical (unpaired) electrons.